The average Bonchev–Trinajstić information content (AvgIpc) is 3.19. The van der Waals surface area contributed by atoms with Gasteiger partial charge in [-0.05, 0) is 19.1 Å². The highest BCUT2D eigenvalue weighted by atomic mass is 35.5. The summed E-state index contributed by atoms with van der Waals surface area (Å²) in [6.45, 7) is 1.63. The number of rotatable bonds is 3. The van der Waals surface area contributed by atoms with Crippen LogP contribution >= 0.6 is 11.6 Å². The first-order chi connectivity index (χ1) is 11.6. The van der Waals surface area contributed by atoms with Crippen LogP contribution in [0.5, 0.6) is 0 Å². The Hall–Kier alpha value is -3.00. The van der Waals surface area contributed by atoms with Gasteiger partial charge in [0.15, 0.2) is 11.5 Å². The third-order valence-electron chi connectivity index (χ3n) is 3.81. The third kappa shape index (κ3) is 2.04. The third-order valence-corrected chi connectivity index (χ3v) is 4.16. The van der Waals surface area contributed by atoms with Gasteiger partial charge < -0.3 is 5.32 Å². The standard InChI is InChI=1S/C15H10ClFN6O/c1-7-14(17)13(16)12(8-4-19-21-15(7)8)9-2-3-11-20-10(18-6-24)5-23(11)22-9/h2-6H,1H3,(H,18,24)(H,19,21). The Labute approximate surface area is 139 Å². The molecule has 0 aliphatic heterocycles. The number of aromatic amines is 1. The van der Waals surface area contributed by atoms with Gasteiger partial charge in [-0.15, -0.1) is 0 Å². The van der Waals surface area contributed by atoms with Gasteiger partial charge in [0, 0.05) is 16.5 Å². The van der Waals surface area contributed by atoms with E-state index in [0.717, 1.165) is 0 Å². The lowest BCUT2D eigenvalue weighted by atomic mass is 10.0. The summed E-state index contributed by atoms with van der Waals surface area (Å²) in [6, 6.07) is 3.40. The fourth-order valence-corrected chi connectivity index (χ4v) is 3.00. The number of aryl methyl sites for hydroxylation is 1. The van der Waals surface area contributed by atoms with Crippen LogP contribution in [0.15, 0.2) is 24.5 Å². The Morgan fingerprint density at radius 2 is 2.25 bits per heavy atom. The van der Waals surface area contributed by atoms with Crippen molar-refractivity contribution < 1.29 is 9.18 Å². The van der Waals surface area contributed by atoms with Crippen LogP contribution in [0.1, 0.15) is 5.56 Å². The van der Waals surface area contributed by atoms with Crippen LogP contribution in [0.25, 0.3) is 27.8 Å². The van der Waals surface area contributed by atoms with Crippen molar-refractivity contribution in [3.05, 3.63) is 40.9 Å². The molecule has 0 aliphatic rings. The molecular formula is C15H10ClFN6O. The molecule has 9 heteroatoms. The second-order valence-corrected chi connectivity index (χ2v) is 5.57. The van der Waals surface area contributed by atoms with Crippen LogP contribution in [0.2, 0.25) is 5.02 Å². The number of fused-ring (bicyclic) bond motifs is 2. The molecule has 0 fully saturated rings. The Balaban J connectivity index is 1.99. The number of carbonyl (C=O) groups is 1. The van der Waals surface area contributed by atoms with Crippen LogP contribution < -0.4 is 5.32 Å². The number of carbonyl (C=O) groups excluding carboxylic acids is 1. The van der Waals surface area contributed by atoms with Gasteiger partial charge in [-0.25, -0.2) is 13.9 Å². The van der Waals surface area contributed by atoms with Gasteiger partial charge in [0.05, 0.1) is 28.6 Å². The first kappa shape index (κ1) is 14.6. The summed E-state index contributed by atoms with van der Waals surface area (Å²) >= 11 is 6.23. The average molecular weight is 345 g/mol. The summed E-state index contributed by atoms with van der Waals surface area (Å²) in [7, 11) is 0. The van der Waals surface area contributed by atoms with Crippen molar-refractivity contribution in [2.24, 2.45) is 0 Å². The molecule has 4 rings (SSSR count). The topological polar surface area (TPSA) is 88.0 Å². The Morgan fingerprint density at radius 1 is 1.42 bits per heavy atom. The quantitative estimate of drug-likeness (QED) is 0.559. The number of hydrogen-bond donors (Lipinski definition) is 2. The predicted octanol–water partition coefficient (Wildman–Crippen LogP) is 2.94. The maximum absolute atomic E-state index is 14.4. The van der Waals surface area contributed by atoms with Gasteiger partial charge >= 0.3 is 0 Å². The fourth-order valence-electron chi connectivity index (χ4n) is 2.66. The van der Waals surface area contributed by atoms with Crippen LogP contribution in [0.4, 0.5) is 10.2 Å². The molecule has 0 bridgehead atoms. The van der Waals surface area contributed by atoms with Crippen LogP contribution in [-0.2, 0) is 4.79 Å². The number of anilines is 1. The van der Waals surface area contributed by atoms with Crippen molar-refractivity contribution in [2.75, 3.05) is 5.32 Å². The molecule has 0 saturated heterocycles. The minimum atomic E-state index is -0.515. The van der Waals surface area contributed by atoms with Gasteiger partial charge in [0.1, 0.15) is 5.82 Å². The molecule has 0 unspecified atom stereocenters. The van der Waals surface area contributed by atoms with E-state index < -0.39 is 5.82 Å². The summed E-state index contributed by atoms with van der Waals surface area (Å²) < 4.78 is 15.9. The van der Waals surface area contributed by atoms with Gasteiger partial charge in [-0.1, -0.05) is 11.6 Å². The number of aromatic nitrogens is 5. The molecule has 0 radical (unpaired) electrons. The van der Waals surface area contributed by atoms with Crippen molar-refractivity contribution in [3.8, 4) is 11.3 Å². The molecule has 7 nitrogen and oxygen atoms in total. The van der Waals surface area contributed by atoms with E-state index in [-0.39, 0.29) is 5.02 Å². The summed E-state index contributed by atoms with van der Waals surface area (Å²) in [5, 5.41) is 14.3. The highest BCUT2D eigenvalue weighted by Gasteiger charge is 2.20. The van der Waals surface area contributed by atoms with E-state index in [4.69, 9.17) is 11.6 Å². The lowest BCUT2D eigenvalue weighted by Gasteiger charge is -2.09. The molecule has 2 N–H and O–H groups in total. The summed E-state index contributed by atoms with van der Waals surface area (Å²) in [6.07, 6.45) is 3.67. The zero-order chi connectivity index (χ0) is 16.8. The maximum Gasteiger partial charge on any atom is 0.212 e. The van der Waals surface area contributed by atoms with E-state index in [1.165, 1.54) is 4.52 Å². The lowest BCUT2D eigenvalue weighted by molar-refractivity contribution is -0.105. The zero-order valence-electron chi connectivity index (χ0n) is 12.3. The molecule has 0 atom stereocenters. The van der Waals surface area contributed by atoms with E-state index >= 15 is 0 Å². The van der Waals surface area contributed by atoms with Crippen LogP contribution in [0.3, 0.4) is 0 Å². The van der Waals surface area contributed by atoms with Crippen LogP contribution in [-0.4, -0.2) is 31.2 Å². The number of amides is 1. The second-order valence-electron chi connectivity index (χ2n) is 5.20. The Bertz CT molecular complexity index is 1100. The van der Waals surface area contributed by atoms with Gasteiger partial charge in [0.25, 0.3) is 0 Å². The van der Waals surface area contributed by atoms with Crippen molar-refractivity contribution in [1.29, 1.82) is 0 Å². The first-order valence-corrected chi connectivity index (χ1v) is 7.35. The molecule has 0 spiro atoms. The molecule has 4 aromatic rings. The zero-order valence-corrected chi connectivity index (χ0v) is 13.1. The van der Waals surface area contributed by atoms with E-state index in [1.807, 2.05) is 0 Å². The minimum absolute atomic E-state index is 0.0143. The van der Waals surface area contributed by atoms with Gasteiger partial charge in [0.2, 0.25) is 6.41 Å². The molecule has 3 aromatic heterocycles. The molecule has 1 amide bonds. The summed E-state index contributed by atoms with van der Waals surface area (Å²) in [5.41, 5.74) is 2.42. The van der Waals surface area contributed by atoms with Crippen LogP contribution in [0, 0.1) is 12.7 Å². The number of H-pyrrole nitrogens is 1. The number of nitrogens with one attached hydrogen (secondary N) is 2. The van der Waals surface area contributed by atoms with E-state index in [1.54, 1.807) is 31.5 Å². The Kier molecular flexibility index (Phi) is 3.20. The number of imidazole rings is 1. The second kappa shape index (κ2) is 5.27. The summed E-state index contributed by atoms with van der Waals surface area (Å²) in [4.78, 5) is 14.7. The van der Waals surface area contributed by atoms with Gasteiger partial charge in [-0.2, -0.15) is 10.2 Å². The molecule has 0 aliphatic carbocycles. The molecular weight excluding hydrogens is 335 g/mol. The number of hydrogen-bond acceptors (Lipinski definition) is 4. The number of halogens is 2. The molecule has 0 saturated carbocycles. The van der Waals surface area contributed by atoms with Gasteiger partial charge in [-0.3, -0.25) is 9.89 Å². The monoisotopic (exact) mass is 344 g/mol. The van der Waals surface area contributed by atoms with E-state index in [0.29, 0.717) is 45.6 Å². The SMILES string of the molecule is Cc1c(F)c(Cl)c(-c2ccc3nc(NC=O)cn3n2)c2cn[nH]c12. The van der Waals surface area contributed by atoms with Crippen molar-refractivity contribution in [2.45, 2.75) is 6.92 Å². The smallest absolute Gasteiger partial charge is 0.212 e. The Morgan fingerprint density at radius 3 is 3.04 bits per heavy atom. The lowest BCUT2D eigenvalue weighted by Crippen LogP contribution is -1.97. The highest BCUT2D eigenvalue weighted by molar-refractivity contribution is 6.35. The molecule has 120 valence electrons. The normalized spacial score (nSPS) is 11.3. The fraction of sp³-hybridized carbons (Fsp3) is 0.0667. The van der Waals surface area contributed by atoms with Crippen molar-refractivity contribution in [1.82, 2.24) is 24.8 Å². The number of benzene rings is 1. The minimum Gasteiger partial charge on any atom is -0.312 e. The first-order valence-electron chi connectivity index (χ1n) is 6.97. The van der Waals surface area contributed by atoms with E-state index in [9.17, 15) is 9.18 Å². The highest BCUT2D eigenvalue weighted by Crippen LogP contribution is 2.37. The van der Waals surface area contributed by atoms with E-state index in [2.05, 4.69) is 25.6 Å². The maximum atomic E-state index is 14.4. The predicted molar refractivity (Wildman–Crippen MR) is 87.5 cm³/mol. The summed E-state index contributed by atoms with van der Waals surface area (Å²) in [5.74, 6) is -0.149. The number of nitrogens with zero attached hydrogens (tertiary/aromatic N) is 4. The van der Waals surface area contributed by atoms with Crippen molar-refractivity contribution >= 4 is 40.4 Å². The molecule has 3 heterocycles. The molecule has 24 heavy (non-hydrogen) atoms. The largest absolute Gasteiger partial charge is 0.312 e. The van der Waals surface area contributed by atoms with Crippen molar-refractivity contribution in [3.63, 3.8) is 0 Å². The molecule has 1 aromatic carbocycles.